The summed E-state index contributed by atoms with van der Waals surface area (Å²) in [6.45, 7) is 7.92. The first-order valence-electron chi connectivity index (χ1n) is 9.79. The lowest BCUT2D eigenvalue weighted by Gasteiger charge is -2.56. The van der Waals surface area contributed by atoms with Crippen molar-refractivity contribution >= 4 is 11.6 Å². The second-order valence-corrected chi connectivity index (χ2v) is 9.20. The molecule has 5 heteroatoms. The van der Waals surface area contributed by atoms with E-state index in [-0.39, 0.29) is 29.2 Å². The minimum atomic E-state index is -1.23. The van der Waals surface area contributed by atoms with Crippen LogP contribution in [-0.4, -0.2) is 33.5 Å². The van der Waals surface area contributed by atoms with Crippen LogP contribution in [0.2, 0.25) is 0 Å². The summed E-state index contributed by atoms with van der Waals surface area (Å²) in [6.07, 6.45) is 4.77. The van der Waals surface area contributed by atoms with Crippen molar-refractivity contribution < 1.29 is 24.2 Å². The van der Waals surface area contributed by atoms with Gasteiger partial charge in [0.2, 0.25) is 0 Å². The van der Waals surface area contributed by atoms with E-state index >= 15 is 0 Å². The third-order valence-corrected chi connectivity index (χ3v) is 6.88. The second kappa shape index (κ2) is 5.15. The van der Waals surface area contributed by atoms with Crippen molar-refractivity contribution in [3.8, 4) is 11.5 Å². The van der Waals surface area contributed by atoms with Gasteiger partial charge in [0.05, 0.1) is 11.2 Å². The maximum atomic E-state index is 13.6. The number of fused-ring (bicyclic) bond motifs is 1. The van der Waals surface area contributed by atoms with Crippen LogP contribution < -0.4 is 4.74 Å². The van der Waals surface area contributed by atoms with Crippen LogP contribution >= 0.6 is 0 Å². The van der Waals surface area contributed by atoms with Crippen LogP contribution in [0.25, 0.3) is 0 Å². The number of allylic oxidation sites excluding steroid dienone is 2. The van der Waals surface area contributed by atoms with Crippen molar-refractivity contribution in [2.45, 2.75) is 57.3 Å². The van der Waals surface area contributed by atoms with Gasteiger partial charge in [0.1, 0.15) is 11.5 Å². The maximum absolute atomic E-state index is 13.6. The van der Waals surface area contributed by atoms with Crippen LogP contribution in [0.15, 0.2) is 41.5 Å². The van der Waals surface area contributed by atoms with Crippen LogP contribution in [0.4, 0.5) is 0 Å². The molecule has 1 aromatic rings. The van der Waals surface area contributed by atoms with Gasteiger partial charge >= 0.3 is 0 Å². The molecule has 1 N–H and O–H groups in total. The molecule has 2 aliphatic heterocycles. The Kier molecular flexibility index (Phi) is 3.25. The first-order chi connectivity index (χ1) is 13.1. The average molecular weight is 380 g/mol. The van der Waals surface area contributed by atoms with E-state index in [0.29, 0.717) is 29.7 Å². The standard InChI is InChI=1S/C23H24O5/c1-12(2)7-8-22-20(26)13-9-16-19(25)15-6-5-14(24)11-17(15)27-23(16,22)18(10-13)21(3,4)28-22/h5-7,9,11,13,18,24H,8,10H2,1-4H3/t13-,18+,22+,23-/m1/s1. The van der Waals surface area contributed by atoms with Crippen molar-refractivity contribution in [3.05, 3.63) is 47.1 Å². The lowest BCUT2D eigenvalue weighted by atomic mass is 9.51. The molecule has 5 nitrogen and oxygen atoms in total. The Morgan fingerprint density at radius 3 is 2.75 bits per heavy atom. The van der Waals surface area contributed by atoms with E-state index in [2.05, 4.69) is 0 Å². The number of hydrogen-bond acceptors (Lipinski definition) is 5. The zero-order valence-electron chi connectivity index (χ0n) is 16.5. The third kappa shape index (κ3) is 1.86. The van der Waals surface area contributed by atoms with Gasteiger partial charge in [0, 0.05) is 29.9 Å². The molecule has 2 fully saturated rings. The molecule has 5 aliphatic rings. The summed E-state index contributed by atoms with van der Waals surface area (Å²) < 4.78 is 13.1. The molecular formula is C23H24O5. The Balaban J connectivity index is 1.81. The molecule has 3 aliphatic carbocycles. The highest BCUT2D eigenvalue weighted by Crippen LogP contribution is 2.67. The highest BCUT2D eigenvalue weighted by Gasteiger charge is 2.80. The van der Waals surface area contributed by atoms with Crippen LogP contribution in [-0.2, 0) is 9.53 Å². The Hall–Kier alpha value is -2.40. The molecule has 0 amide bonds. The van der Waals surface area contributed by atoms with Gasteiger partial charge in [-0.25, -0.2) is 0 Å². The number of phenols is 1. The molecule has 28 heavy (non-hydrogen) atoms. The van der Waals surface area contributed by atoms with Gasteiger partial charge in [0.15, 0.2) is 22.8 Å². The van der Waals surface area contributed by atoms with Gasteiger partial charge in [0.25, 0.3) is 0 Å². The summed E-state index contributed by atoms with van der Waals surface area (Å²) in [5.74, 6) is -0.258. The minimum Gasteiger partial charge on any atom is -0.508 e. The number of phenolic OH excluding ortho intramolecular Hbond substituents is 1. The predicted octanol–water partition coefficient (Wildman–Crippen LogP) is 3.76. The first kappa shape index (κ1) is 17.7. The summed E-state index contributed by atoms with van der Waals surface area (Å²) in [7, 11) is 0. The molecule has 1 saturated carbocycles. The van der Waals surface area contributed by atoms with Crippen molar-refractivity contribution in [2.24, 2.45) is 11.8 Å². The van der Waals surface area contributed by atoms with Crippen molar-refractivity contribution in [2.75, 3.05) is 0 Å². The maximum Gasteiger partial charge on any atom is 0.196 e. The third-order valence-electron chi connectivity index (χ3n) is 6.88. The fraction of sp³-hybridized carbons (Fsp3) is 0.478. The van der Waals surface area contributed by atoms with E-state index in [1.54, 1.807) is 6.07 Å². The number of ether oxygens (including phenoxy) is 2. The number of rotatable bonds is 2. The summed E-state index contributed by atoms with van der Waals surface area (Å²) in [6, 6.07) is 4.53. The number of ketones is 2. The van der Waals surface area contributed by atoms with Gasteiger partial charge in [-0.15, -0.1) is 0 Å². The molecule has 1 aromatic carbocycles. The summed E-state index contributed by atoms with van der Waals surface area (Å²) >= 11 is 0. The SMILES string of the molecule is CC(C)=CC[C@@]12OC(C)(C)[C@@H]3C[C@@H](C=C4C(=O)c5ccc(O)cc5O[C@]431)C2=O. The van der Waals surface area contributed by atoms with Crippen LogP contribution in [0.5, 0.6) is 11.5 Å². The van der Waals surface area contributed by atoms with Crippen LogP contribution in [0.1, 0.15) is 50.9 Å². The molecule has 0 aromatic heterocycles. The topological polar surface area (TPSA) is 72.8 Å². The van der Waals surface area contributed by atoms with Crippen LogP contribution in [0.3, 0.4) is 0 Å². The normalized spacial score (nSPS) is 36.4. The smallest absolute Gasteiger partial charge is 0.196 e. The largest absolute Gasteiger partial charge is 0.508 e. The monoisotopic (exact) mass is 380 g/mol. The number of benzene rings is 1. The number of carbonyl (C=O) groups excluding carboxylic acids is 2. The highest BCUT2D eigenvalue weighted by atomic mass is 16.6. The molecular weight excluding hydrogens is 356 g/mol. The zero-order chi connectivity index (χ0) is 20.1. The molecule has 0 unspecified atom stereocenters. The molecule has 4 bridgehead atoms. The van der Waals surface area contributed by atoms with E-state index < -0.39 is 16.8 Å². The summed E-state index contributed by atoms with van der Waals surface area (Å²) in [4.78, 5) is 27.0. The number of aromatic hydroxyl groups is 1. The van der Waals surface area contributed by atoms with E-state index in [9.17, 15) is 14.7 Å². The fourth-order valence-corrected chi connectivity index (χ4v) is 5.78. The van der Waals surface area contributed by atoms with Gasteiger partial charge in [-0.05, 0) is 46.2 Å². The second-order valence-electron chi connectivity index (χ2n) is 9.20. The van der Waals surface area contributed by atoms with Gasteiger partial charge in [-0.3, -0.25) is 9.59 Å². The van der Waals surface area contributed by atoms with Gasteiger partial charge in [-0.1, -0.05) is 17.7 Å². The van der Waals surface area contributed by atoms with Crippen molar-refractivity contribution in [1.82, 2.24) is 0 Å². The predicted molar refractivity (Wildman–Crippen MR) is 102 cm³/mol. The van der Waals surface area contributed by atoms with E-state index in [1.807, 2.05) is 39.8 Å². The highest BCUT2D eigenvalue weighted by molar-refractivity contribution is 6.16. The van der Waals surface area contributed by atoms with E-state index in [4.69, 9.17) is 9.47 Å². The molecule has 6 rings (SSSR count). The zero-order valence-corrected chi connectivity index (χ0v) is 16.5. The fourth-order valence-electron chi connectivity index (χ4n) is 5.78. The Bertz CT molecular complexity index is 996. The molecule has 4 atom stereocenters. The Morgan fingerprint density at radius 1 is 1.29 bits per heavy atom. The lowest BCUT2D eigenvalue weighted by molar-refractivity contribution is -0.171. The Labute approximate surface area is 164 Å². The number of hydrogen-bond donors (Lipinski definition) is 1. The van der Waals surface area contributed by atoms with Gasteiger partial charge in [-0.2, -0.15) is 0 Å². The van der Waals surface area contributed by atoms with Gasteiger partial charge < -0.3 is 14.6 Å². The Morgan fingerprint density at radius 2 is 2.04 bits per heavy atom. The first-order valence-corrected chi connectivity index (χ1v) is 9.79. The molecule has 146 valence electrons. The summed E-state index contributed by atoms with van der Waals surface area (Å²) in [5.41, 5.74) is -0.969. The van der Waals surface area contributed by atoms with Crippen LogP contribution in [0, 0.1) is 11.8 Å². The van der Waals surface area contributed by atoms with E-state index in [1.165, 1.54) is 12.1 Å². The van der Waals surface area contributed by atoms with E-state index in [0.717, 1.165) is 5.57 Å². The minimum absolute atomic E-state index is 0.00743. The molecule has 2 heterocycles. The molecule has 1 spiro atoms. The quantitative estimate of drug-likeness (QED) is 0.791. The number of Topliss-reactive ketones (excluding diaryl/α,β-unsaturated/α-hetero) is 2. The number of carbonyl (C=O) groups is 2. The molecule has 0 radical (unpaired) electrons. The van der Waals surface area contributed by atoms with Crippen molar-refractivity contribution in [3.63, 3.8) is 0 Å². The lowest BCUT2D eigenvalue weighted by Crippen LogP contribution is -2.72. The molecule has 1 saturated heterocycles. The van der Waals surface area contributed by atoms with Crippen molar-refractivity contribution in [1.29, 1.82) is 0 Å². The summed E-state index contributed by atoms with van der Waals surface area (Å²) in [5, 5.41) is 9.97. The average Bonchev–Trinajstić information content (AvgIpc) is 2.77.